The first kappa shape index (κ1) is 45.0. The van der Waals surface area contributed by atoms with Crippen molar-refractivity contribution in [3.05, 3.63) is 12.7 Å². The molecule has 4 N–H and O–H groups in total. The summed E-state index contributed by atoms with van der Waals surface area (Å²) in [6.07, 6.45) is 6.96. The minimum Gasteiger partial charge on any atom is -0.342 e. The Hall–Kier alpha value is -3.07. The lowest BCUT2D eigenvalue weighted by molar-refractivity contribution is -0.145. The second kappa shape index (κ2) is 15.5. The summed E-state index contributed by atoms with van der Waals surface area (Å²) in [6, 6.07) is -3.74. The van der Waals surface area contributed by atoms with Crippen molar-refractivity contribution in [3.63, 3.8) is 0 Å². The van der Waals surface area contributed by atoms with Gasteiger partial charge in [0.1, 0.15) is 30.3 Å². The van der Waals surface area contributed by atoms with Crippen LogP contribution in [0.15, 0.2) is 12.7 Å². The summed E-state index contributed by atoms with van der Waals surface area (Å²) in [4.78, 5) is 74.9. The third kappa shape index (κ3) is 8.13. The molecule has 0 aromatic heterocycles. The van der Waals surface area contributed by atoms with Crippen LogP contribution >= 0.6 is 0 Å². The Balaban J connectivity index is 1.44. The molecule has 0 bridgehead atoms. The van der Waals surface area contributed by atoms with Crippen molar-refractivity contribution in [1.82, 2.24) is 30.5 Å². The van der Waals surface area contributed by atoms with Gasteiger partial charge in [-0.2, -0.15) is 0 Å². The number of amides is 5. The van der Waals surface area contributed by atoms with Gasteiger partial charge in [0.05, 0.1) is 11.3 Å². The number of hydrogen-bond acceptors (Lipinski definition) is 8. The number of halogens is 1. The molecule has 13 nitrogen and oxygen atoms in total. The van der Waals surface area contributed by atoms with Crippen molar-refractivity contribution < 1.29 is 36.8 Å². The number of alkyl halides is 1. The van der Waals surface area contributed by atoms with Gasteiger partial charge in [-0.3, -0.25) is 33.6 Å². The van der Waals surface area contributed by atoms with Crippen molar-refractivity contribution in [1.29, 1.82) is 0 Å². The first-order valence-corrected chi connectivity index (χ1v) is 22.5. The maximum Gasteiger partial charge on any atom is 0.259 e. The molecule has 2 aliphatic heterocycles. The molecule has 5 rings (SSSR count). The number of rotatable bonds is 15. The molecule has 57 heavy (non-hydrogen) atoms. The van der Waals surface area contributed by atoms with Gasteiger partial charge in [0.2, 0.25) is 33.7 Å². The lowest BCUT2D eigenvalue weighted by Gasteiger charge is -2.39. The predicted octanol–water partition coefficient (Wildman–Crippen LogP) is 3.98. The van der Waals surface area contributed by atoms with Crippen LogP contribution in [0.25, 0.3) is 0 Å². The van der Waals surface area contributed by atoms with Gasteiger partial charge in [-0.25, -0.2) is 12.8 Å². The quantitative estimate of drug-likeness (QED) is 0.180. The minimum absolute atomic E-state index is 0.130. The Labute approximate surface area is 339 Å². The molecule has 322 valence electrons. The Morgan fingerprint density at radius 3 is 2.05 bits per heavy atom. The van der Waals surface area contributed by atoms with E-state index in [2.05, 4.69) is 54.9 Å². The molecule has 5 aliphatic rings. The van der Waals surface area contributed by atoms with E-state index in [9.17, 15) is 32.0 Å². The van der Waals surface area contributed by atoms with Crippen LogP contribution in [-0.2, 0) is 34.0 Å². The smallest absolute Gasteiger partial charge is 0.259 e. The van der Waals surface area contributed by atoms with E-state index in [1.165, 1.54) is 6.08 Å². The van der Waals surface area contributed by atoms with Crippen LogP contribution < -0.4 is 20.7 Å². The van der Waals surface area contributed by atoms with Gasteiger partial charge < -0.3 is 20.9 Å². The van der Waals surface area contributed by atoms with Crippen LogP contribution in [0.1, 0.15) is 127 Å². The molecule has 5 fully saturated rings. The van der Waals surface area contributed by atoms with E-state index in [0.717, 1.165) is 25.7 Å². The zero-order valence-corrected chi connectivity index (χ0v) is 36.8. The first-order valence-electron chi connectivity index (χ1n) is 21.0. The van der Waals surface area contributed by atoms with Gasteiger partial charge >= 0.3 is 0 Å². The van der Waals surface area contributed by atoms with E-state index in [-0.39, 0.29) is 36.2 Å². The van der Waals surface area contributed by atoms with Gasteiger partial charge in [-0.15, -0.1) is 6.58 Å². The number of likely N-dealkylation sites (tertiary alicyclic amines) is 2. The van der Waals surface area contributed by atoms with Crippen LogP contribution in [0.5, 0.6) is 0 Å². The standard InChI is InChI=1S/C42H69FN6O7S/c1-12-19-40(11)39(9,10)41(40)24-29(33(51)46-42(23-26(42)13-2)36(54)47-57(55,56)27-17-18-27)49(25-41)35(53)31(38(6,7)8)45-34(52)30(37(3,4)5)44-32(50)28-16-14-15-21-48(28)22-20-43/h13,26-31H,2,12,14-25H2,1,3-11H3,(H,44,50)(H,45,52)(H,46,51)(H,47,54)/t26-,28+,29+,30-,31-,40?,41-,42-/m1/s1. The summed E-state index contributed by atoms with van der Waals surface area (Å²) in [5.41, 5.74) is -4.04. The number of nitrogens with zero attached hydrogens (tertiary/aromatic N) is 2. The number of carbonyl (C=O) groups is 5. The molecule has 3 saturated carbocycles. The fourth-order valence-electron chi connectivity index (χ4n) is 10.3. The van der Waals surface area contributed by atoms with Gasteiger partial charge in [-0.1, -0.05) is 88.2 Å². The highest BCUT2D eigenvalue weighted by Gasteiger charge is 2.81. The molecular weight excluding hydrogens is 752 g/mol. The summed E-state index contributed by atoms with van der Waals surface area (Å²) in [7, 11) is -3.90. The van der Waals surface area contributed by atoms with Crippen LogP contribution in [0.4, 0.5) is 4.39 Å². The highest BCUT2D eigenvalue weighted by atomic mass is 32.2. The van der Waals surface area contributed by atoms with E-state index in [1.807, 2.05) is 46.4 Å². The monoisotopic (exact) mass is 820 g/mol. The van der Waals surface area contributed by atoms with E-state index < -0.39 is 97.4 Å². The maximum absolute atomic E-state index is 15.1. The van der Waals surface area contributed by atoms with E-state index in [4.69, 9.17) is 0 Å². The highest BCUT2D eigenvalue weighted by molar-refractivity contribution is 7.91. The second-order valence-electron chi connectivity index (χ2n) is 20.5. The van der Waals surface area contributed by atoms with Gasteiger partial charge in [0.25, 0.3) is 5.91 Å². The van der Waals surface area contributed by atoms with Crippen molar-refractivity contribution >= 4 is 39.6 Å². The number of sulfonamides is 1. The maximum atomic E-state index is 15.1. The Morgan fingerprint density at radius 1 is 0.895 bits per heavy atom. The Bertz CT molecular complexity index is 1740. The average molecular weight is 821 g/mol. The summed E-state index contributed by atoms with van der Waals surface area (Å²) in [6.45, 7) is 23.8. The first-order chi connectivity index (χ1) is 26.3. The predicted molar refractivity (Wildman–Crippen MR) is 217 cm³/mol. The van der Waals surface area contributed by atoms with E-state index in [0.29, 0.717) is 32.2 Å². The SMILES string of the molecule is C=C[C@@H]1C[C@]1(NC(=O)[C@@H]1C[C@@]2(CN1C(=O)[C@@H](NC(=O)[C@@H](NC(=O)[C@@H]1CCCCN1CCF)C(C)(C)C)C(C)(C)C)C(C)(C)C2(C)CCC)C(=O)NS(=O)(=O)C1CC1. The lowest BCUT2D eigenvalue weighted by atomic mass is 9.82. The van der Waals surface area contributed by atoms with Gasteiger partial charge in [0.15, 0.2) is 0 Å². The third-order valence-electron chi connectivity index (χ3n) is 14.6. The Kier molecular flexibility index (Phi) is 12.3. The molecule has 2 saturated heterocycles. The molecule has 2 heterocycles. The fourth-order valence-corrected chi connectivity index (χ4v) is 11.7. The van der Waals surface area contributed by atoms with Crippen LogP contribution in [-0.4, -0.2) is 109 Å². The number of carbonyl (C=O) groups excluding carboxylic acids is 5. The average Bonchev–Trinajstić information content (AvgIpc) is 4.06. The highest BCUT2D eigenvalue weighted by Crippen LogP contribution is 2.83. The minimum atomic E-state index is -3.90. The molecule has 3 aliphatic carbocycles. The largest absolute Gasteiger partial charge is 0.342 e. The normalized spacial score (nSPS) is 32.2. The van der Waals surface area contributed by atoms with E-state index >= 15 is 4.79 Å². The summed E-state index contributed by atoms with van der Waals surface area (Å²) in [5.74, 6) is -3.23. The second-order valence-corrected chi connectivity index (χ2v) is 22.5. The third-order valence-corrected chi connectivity index (χ3v) is 16.4. The summed E-state index contributed by atoms with van der Waals surface area (Å²) < 4.78 is 41.2. The molecule has 8 atom stereocenters. The lowest BCUT2D eigenvalue weighted by Crippen LogP contribution is -2.64. The van der Waals surface area contributed by atoms with Crippen LogP contribution in [0, 0.1) is 33.0 Å². The van der Waals surface area contributed by atoms with Crippen molar-refractivity contribution in [2.24, 2.45) is 33.0 Å². The van der Waals surface area contributed by atoms with Crippen molar-refractivity contribution in [2.75, 3.05) is 26.3 Å². The molecule has 0 radical (unpaired) electrons. The van der Waals surface area contributed by atoms with Crippen LogP contribution in [0.3, 0.4) is 0 Å². The molecule has 5 amide bonds. The molecule has 0 aromatic rings. The molecular formula is C42H69FN6O7S. The van der Waals surface area contributed by atoms with Crippen molar-refractivity contribution in [3.8, 4) is 0 Å². The molecule has 15 heteroatoms. The number of nitrogens with one attached hydrogen (secondary N) is 4. The molecule has 1 spiro atoms. The van der Waals surface area contributed by atoms with Crippen molar-refractivity contribution in [2.45, 2.75) is 162 Å². The Morgan fingerprint density at radius 2 is 1.53 bits per heavy atom. The van der Waals surface area contributed by atoms with Crippen LogP contribution in [0.2, 0.25) is 0 Å². The van der Waals surface area contributed by atoms with Gasteiger partial charge in [-0.05, 0) is 73.2 Å². The zero-order chi connectivity index (χ0) is 42.7. The summed E-state index contributed by atoms with van der Waals surface area (Å²) in [5, 5.41) is 8.23. The zero-order valence-electron chi connectivity index (χ0n) is 36.0. The fraction of sp³-hybridized carbons (Fsp3) is 0.833. The number of hydrogen-bond donors (Lipinski definition) is 4. The topological polar surface area (TPSA) is 174 Å². The van der Waals surface area contributed by atoms with E-state index in [1.54, 1.807) is 4.90 Å². The molecule has 0 aromatic carbocycles. The molecule has 1 unspecified atom stereocenters. The van der Waals surface area contributed by atoms with Gasteiger partial charge in [0, 0.05) is 24.4 Å². The number of piperidine rings is 1. The summed E-state index contributed by atoms with van der Waals surface area (Å²) >= 11 is 0.